The second-order valence-corrected chi connectivity index (χ2v) is 9.88. The van der Waals surface area contributed by atoms with Crippen LogP contribution in [-0.4, -0.2) is 16.9 Å². The van der Waals surface area contributed by atoms with Crippen LogP contribution in [0.1, 0.15) is 48.9 Å². The van der Waals surface area contributed by atoms with Crippen LogP contribution in [0.5, 0.6) is 0 Å². The molecule has 3 N–H and O–H groups in total. The molecule has 4 fully saturated rings. The lowest BCUT2D eigenvalue weighted by atomic mass is 9.49. The number of anilines is 2. The summed E-state index contributed by atoms with van der Waals surface area (Å²) in [6, 6.07) is 16.5. The van der Waals surface area contributed by atoms with E-state index in [0.29, 0.717) is 29.0 Å². The summed E-state index contributed by atoms with van der Waals surface area (Å²) in [5.74, 6) is 1.91. The molecule has 4 bridgehead atoms. The summed E-state index contributed by atoms with van der Waals surface area (Å²) in [7, 11) is 0. The van der Waals surface area contributed by atoms with Gasteiger partial charge in [0.25, 0.3) is 5.91 Å². The molecule has 160 valence electrons. The normalized spacial score (nSPS) is 28.1. The van der Waals surface area contributed by atoms with Crippen LogP contribution >= 0.6 is 12.2 Å². The van der Waals surface area contributed by atoms with E-state index in [2.05, 4.69) is 16.0 Å². The topological polar surface area (TPSA) is 70.2 Å². The molecule has 2 aromatic rings. The number of hydrogen-bond donors (Lipinski definition) is 3. The Morgan fingerprint density at radius 1 is 0.806 bits per heavy atom. The molecule has 4 saturated carbocycles. The molecule has 4 aliphatic rings. The number of rotatable bonds is 4. The Kier molecular flexibility index (Phi) is 5.26. The van der Waals surface area contributed by atoms with Crippen LogP contribution in [-0.2, 0) is 4.79 Å². The predicted octanol–water partition coefficient (Wildman–Crippen LogP) is 4.97. The molecular formula is C25H27N3O2S. The lowest BCUT2D eigenvalue weighted by Crippen LogP contribution is -2.55. The van der Waals surface area contributed by atoms with Gasteiger partial charge in [-0.05, 0) is 92.8 Å². The molecule has 0 saturated heterocycles. The first kappa shape index (κ1) is 20.2. The van der Waals surface area contributed by atoms with Crippen molar-refractivity contribution in [1.82, 2.24) is 5.32 Å². The maximum atomic E-state index is 13.2. The number of thiocarbonyl (C=S) groups is 1. The van der Waals surface area contributed by atoms with Gasteiger partial charge in [0.2, 0.25) is 5.91 Å². The summed E-state index contributed by atoms with van der Waals surface area (Å²) in [6.07, 6.45) is 6.84. The first-order valence-corrected chi connectivity index (χ1v) is 11.5. The van der Waals surface area contributed by atoms with Gasteiger partial charge < -0.3 is 16.0 Å². The van der Waals surface area contributed by atoms with Crippen LogP contribution in [0.15, 0.2) is 54.6 Å². The zero-order chi connectivity index (χ0) is 21.4. The molecule has 2 aromatic carbocycles. The third-order valence-corrected chi connectivity index (χ3v) is 7.40. The molecule has 6 rings (SSSR count). The summed E-state index contributed by atoms with van der Waals surface area (Å²) >= 11 is 5.47. The molecule has 31 heavy (non-hydrogen) atoms. The molecule has 6 heteroatoms. The third-order valence-electron chi connectivity index (χ3n) is 7.20. The molecule has 0 aromatic heterocycles. The fraction of sp³-hybridized carbons (Fsp3) is 0.400. The van der Waals surface area contributed by atoms with E-state index in [-0.39, 0.29) is 22.3 Å². The number of para-hydroxylation sites is 2. The van der Waals surface area contributed by atoms with E-state index in [4.69, 9.17) is 12.2 Å². The highest BCUT2D eigenvalue weighted by molar-refractivity contribution is 7.80. The van der Waals surface area contributed by atoms with Crippen molar-refractivity contribution >= 4 is 40.5 Å². The molecule has 0 radical (unpaired) electrons. The highest BCUT2D eigenvalue weighted by Crippen LogP contribution is 2.60. The van der Waals surface area contributed by atoms with E-state index < -0.39 is 0 Å². The van der Waals surface area contributed by atoms with Crippen LogP contribution in [0, 0.1) is 23.2 Å². The second-order valence-electron chi connectivity index (χ2n) is 9.47. The maximum Gasteiger partial charge on any atom is 0.257 e. The van der Waals surface area contributed by atoms with Crippen LogP contribution in [0.2, 0.25) is 0 Å². The molecular weight excluding hydrogens is 406 g/mol. The molecule has 4 aliphatic carbocycles. The highest BCUT2D eigenvalue weighted by Gasteiger charge is 2.54. The Labute approximate surface area is 188 Å². The van der Waals surface area contributed by atoms with Crippen molar-refractivity contribution in [2.45, 2.75) is 38.5 Å². The molecule has 5 nitrogen and oxygen atoms in total. The van der Waals surface area contributed by atoms with Crippen molar-refractivity contribution in [3.8, 4) is 0 Å². The van der Waals surface area contributed by atoms with Gasteiger partial charge in [-0.3, -0.25) is 9.59 Å². The SMILES string of the molecule is O=C(Nc1ccccc1)c1ccccc1NC(=S)NC(=O)C12CC3CC(CC(C3)C1)C2. The smallest absolute Gasteiger partial charge is 0.257 e. The fourth-order valence-corrected chi connectivity index (χ4v) is 6.49. The fourth-order valence-electron chi connectivity index (χ4n) is 6.29. The van der Waals surface area contributed by atoms with E-state index >= 15 is 0 Å². The minimum Gasteiger partial charge on any atom is -0.332 e. The van der Waals surface area contributed by atoms with E-state index in [1.807, 2.05) is 42.5 Å². The Bertz CT molecular complexity index is 985. The lowest BCUT2D eigenvalue weighted by molar-refractivity contribution is -0.144. The molecule has 0 spiro atoms. The number of benzene rings is 2. The Morgan fingerprint density at radius 2 is 1.39 bits per heavy atom. The summed E-state index contributed by atoms with van der Waals surface area (Å²) < 4.78 is 0. The van der Waals surface area contributed by atoms with Crippen molar-refractivity contribution in [2.24, 2.45) is 23.2 Å². The monoisotopic (exact) mass is 433 g/mol. The van der Waals surface area contributed by atoms with Gasteiger partial charge in [0.05, 0.1) is 16.7 Å². The molecule has 0 atom stereocenters. The van der Waals surface area contributed by atoms with Gasteiger partial charge in [0, 0.05) is 5.69 Å². The zero-order valence-electron chi connectivity index (χ0n) is 17.4. The van der Waals surface area contributed by atoms with Crippen molar-refractivity contribution < 1.29 is 9.59 Å². The van der Waals surface area contributed by atoms with Gasteiger partial charge in [-0.25, -0.2) is 0 Å². The van der Waals surface area contributed by atoms with Gasteiger partial charge in [-0.15, -0.1) is 0 Å². The van der Waals surface area contributed by atoms with Gasteiger partial charge in [0.1, 0.15) is 0 Å². The Balaban J connectivity index is 1.26. The molecule has 0 heterocycles. The number of carbonyl (C=O) groups excluding carboxylic acids is 2. The molecule has 0 unspecified atom stereocenters. The van der Waals surface area contributed by atoms with Crippen LogP contribution in [0.3, 0.4) is 0 Å². The third kappa shape index (κ3) is 4.09. The number of amides is 2. The van der Waals surface area contributed by atoms with Crippen molar-refractivity contribution in [3.05, 3.63) is 60.2 Å². The average molecular weight is 434 g/mol. The van der Waals surface area contributed by atoms with E-state index in [0.717, 1.165) is 24.9 Å². The maximum absolute atomic E-state index is 13.2. The Morgan fingerprint density at radius 3 is 2.03 bits per heavy atom. The van der Waals surface area contributed by atoms with E-state index in [9.17, 15) is 9.59 Å². The summed E-state index contributed by atoms with van der Waals surface area (Å²) in [5, 5.41) is 9.17. The second kappa shape index (κ2) is 8.08. The van der Waals surface area contributed by atoms with Crippen LogP contribution in [0.25, 0.3) is 0 Å². The Hall–Kier alpha value is -2.73. The number of hydrogen-bond acceptors (Lipinski definition) is 3. The van der Waals surface area contributed by atoms with Crippen LogP contribution < -0.4 is 16.0 Å². The van der Waals surface area contributed by atoms with E-state index in [1.165, 1.54) is 19.3 Å². The zero-order valence-corrected chi connectivity index (χ0v) is 18.2. The quantitative estimate of drug-likeness (QED) is 0.596. The van der Waals surface area contributed by atoms with Gasteiger partial charge in [0.15, 0.2) is 5.11 Å². The van der Waals surface area contributed by atoms with Crippen molar-refractivity contribution in [3.63, 3.8) is 0 Å². The van der Waals surface area contributed by atoms with Gasteiger partial charge >= 0.3 is 0 Å². The van der Waals surface area contributed by atoms with Crippen molar-refractivity contribution in [2.75, 3.05) is 10.6 Å². The van der Waals surface area contributed by atoms with Gasteiger partial charge in [-0.1, -0.05) is 30.3 Å². The molecule has 0 aliphatic heterocycles. The summed E-state index contributed by atoms with van der Waals surface area (Å²) in [6.45, 7) is 0. The first-order chi connectivity index (χ1) is 15.0. The minimum absolute atomic E-state index is 0.0512. The van der Waals surface area contributed by atoms with E-state index in [1.54, 1.807) is 12.1 Å². The van der Waals surface area contributed by atoms with Crippen LogP contribution in [0.4, 0.5) is 11.4 Å². The van der Waals surface area contributed by atoms with Gasteiger partial charge in [-0.2, -0.15) is 0 Å². The lowest BCUT2D eigenvalue weighted by Gasteiger charge is -2.55. The highest BCUT2D eigenvalue weighted by atomic mass is 32.1. The standard InChI is InChI=1S/C25H27N3O2S/c29-22(26-19-6-2-1-3-7-19)20-8-4-5-9-21(20)27-24(31)28-23(30)25-13-16-10-17(14-25)12-18(11-16)15-25/h1-9,16-18H,10-15H2,(H,26,29)(H2,27,28,30,31). The first-order valence-electron chi connectivity index (χ1n) is 11.1. The molecule has 2 amide bonds. The average Bonchev–Trinajstić information content (AvgIpc) is 2.74. The number of nitrogens with one attached hydrogen (secondary N) is 3. The summed E-state index contributed by atoms with van der Waals surface area (Å²) in [4.78, 5) is 26.0. The minimum atomic E-state index is -0.259. The predicted molar refractivity (Wildman–Crippen MR) is 126 cm³/mol. The number of carbonyl (C=O) groups is 2. The van der Waals surface area contributed by atoms with Crippen molar-refractivity contribution in [1.29, 1.82) is 0 Å². The summed E-state index contributed by atoms with van der Waals surface area (Å²) in [5.41, 5.74) is 1.51. The largest absolute Gasteiger partial charge is 0.332 e.